The summed E-state index contributed by atoms with van der Waals surface area (Å²) in [5.41, 5.74) is 1.03. The second-order valence-electron chi connectivity index (χ2n) is 7.23. The zero-order chi connectivity index (χ0) is 11.6. The molecule has 1 heteroatoms. The van der Waals surface area contributed by atoms with Gasteiger partial charge in [0.2, 0.25) is 0 Å². The fraction of sp³-hybridized carbons (Fsp3) is 0.933. The van der Waals surface area contributed by atoms with E-state index in [0.29, 0.717) is 22.7 Å². The zero-order valence-electron chi connectivity index (χ0n) is 10.8. The van der Waals surface area contributed by atoms with E-state index in [1.165, 1.54) is 38.4 Å². The van der Waals surface area contributed by atoms with Crippen LogP contribution in [0, 0.1) is 34.5 Å². The first kappa shape index (κ1) is 10.8. The van der Waals surface area contributed by atoms with Gasteiger partial charge >= 0.3 is 0 Å². The molecule has 0 N–H and O–H groups in total. The second-order valence-corrected chi connectivity index (χ2v) is 7.23. The van der Waals surface area contributed by atoms with Crippen molar-refractivity contribution in [3.8, 4) is 0 Å². The molecule has 0 aromatic heterocycles. The Balaban J connectivity index is 2.03. The molecule has 2 bridgehead atoms. The summed E-state index contributed by atoms with van der Waals surface area (Å²) in [5, 5.41) is 0. The van der Waals surface area contributed by atoms with Crippen LogP contribution in [0.2, 0.25) is 0 Å². The third-order valence-corrected chi connectivity index (χ3v) is 6.65. The average molecular weight is 220 g/mol. The Morgan fingerprint density at radius 1 is 1.19 bits per heavy atom. The van der Waals surface area contributed by atoms with Gasteiger partial charge in [0.25, 0.3) is 0 Å². The molecule has 1 nitrogen and oxygen atoms in total. The fourth-order valence-electron chi connectivity index (χ4n) is 5.75. The van der Waals surface area contributed by atoms with E-state index >= 15 is 0 Å². The van der Waals surface area contributed by atoms with Crippen LogP contribution in [0.15, 0.2) is 0 Å². The summed E-state index contributed by atoms with van der Waals surface area (Å²) in [6, 6.07) is 0. The van der Waals surface area contributed by atoms with Crippen LogP contribution in [0.25, 0.3) is 0 Å². The number of hydrogen-bond acceptors (Lipinski definition) is 1. The molecule has 0 aromatic rings. The minimum atomic E-state index is 0.360. The molecule has 3 saturated carbocycles. The Morgan fingerprint density at radius 3 is 2.62 bits per heavy atom. The van der Waals surface area contributed by atoms with Crippen LogP contribution in [-0.4, -0.2) is 6.29 Å². The fourth-order valence-corrected chi connectivity index (χ4v) is 5.75. The second kappa shape index (κ2) is 3.11. The highest BCUT2D eigenvalue weighted by Gasteiger charge is 2.65. The van der Waals surface area contributed by atoms with Crippen molar-refractivity contribution in [3.63, 3.8) is 0 Å². The number of carbonyl (C=O) groups excluding carboxylic acids is 1. The highest BCUT2D eigenvalue weighted by Crippen LogP contribution is 2.72. The van der Waals surface area contributed by atoms with Gasteiger partial charge < -0.3 is 4.79 Å². The molecular formula is C15H24O. The van der Waals surface area contributed by atoms with Crippen molar-refractivity contribution >= 4 is 6.29 Å². The van der Waals surface area contributed by atoms with Crippen LogP contribution in [0.4, 0.5) is 0 Å². The molecule has 5 atom stereocenters. The lowest BCUT2D eigenvalue weighted by Gasteiger charge is -2.39. The predicted molar refractivity (Wildman–Crippen MR) is 65.0 cm³/mol. The molecule has 3 aliphatic carbocycles. The smallest absolute Gasteiger partial charge is 0.123 e. The number of aldehydes is 1. The molecule has 3 rings (SSSR count). The van der Waals surface area contributed by atoms with Crippen molar-refractivity contribution in [1.82, 2.24) is 0 Å². The van der Waals surface area contributed by atoms with Crippen LogP contribution in [0.1, 0.15) is 52.9 Å². The minimum absolute atomic E-state index is 0.360. The Labute approximate surface area is 99.0 Å². The van der Waals surface area contributed by atoms with Crippen molar-refractivity contribution in [2.75, 3.05) is 0 Å². The standard InChI is InChI=1S/C15H24O/c1-10-4-5-13-14(2,3)12-8-15(10,13)7-6-11(12)9-16/h9-13H,4-8H2,1-3H3/t10?,11-,12+,13-,15+/m1/s1. The molecule has 0 amide bonds. The molecule has 3 fully saturated rings. The average Bonchev–Trinajstić information content (AvgIpc) is 2.65. The lowest BCUT2D eigenvalue weighted by Crippen LogP contribution is -2.32. The molecule has 0 heterocycles. The van der Waals surface area contributed by atoms with Gasteiger partial charge in [0.1, 0.15) is 6.29 Å². The summed E-state index contributed by atoms with van der Waals surface area (Å²) < 4.78 is 0. The highest BCUT2D eigenvalue weighted by molar-refractivity contribution is 5.55. The van der Waals surface area contributed by atoms with Gasteiger partial charge in [-0.3, -0.25) is 0 Å². The highest BCUT2D eigenvalue weighted by atomic mass is 16.1. The maximum Gasteiger partial charge on any atom is 0.123 e. The summed E-state index contributed by atoms with van der Waals surface area (Å²) in [6.07, 6.45) is 7.92. The van der Waals surface area contributed by atoms with Crippen LogP contribution in [-0.2, 0) is 4.79 Å². The molecule has 3 aliphatic rings. The van der Waals surface area contributed by atoms with Crippen molar-refractivity contribution in [2.45, 2.75) is 52.9 Å². The van der Waals surface area contributed by atoms with Crippen molar-refractivity contribution in [2.24, 2.45) is 34.5 Å². The zero-order valence-corrected chi connectivity index (χ0v) is 10.8. The van der Waals surface area contributed by atoms with E-state index in [0.717, 1.165) is 11.8 Å². The normalized spacial score (nSPS) is 53.7. The molecule has 90 valence electrons. The van der Waals surface area contributed by atoms with E-state index in [1.54, 1.807) is 0 Å². The quantitative estimate of drug-likeness (QED) is 0.616. The number of fused-ring (bicyclic) bond motifs is 1. The van der Waals surface area contributed by atoms with Gasteiger partial charge in [0.05, 0.1) is 0 Å². The topological polar surface area (TPSA) is 17.1 Å². The molecule has 0 aliphatic heterocycles. The molecule has 0 radical (unpaired) electrons. The minimum Gasteiger partial charge on any atom is -0.303 e. The Bertz CT molecular complexity index is 319. The van der Waals surface area contributed by atoms with Gasteiger partial charge in [-0.2, -0.15) is 0 Å². The van der Waals surface area contributed by atoms with E-state index in [4.69, 9.17) is 0 Å². The van der Waals surface area contributed by atoms with Crippen molar-refractivity contribution in [1.29, 1.82) is 0 Å². The van der Waals surface area contributed by atoms with Crippen molar-refractivity contribution < 1.29 is 4.79 Å². The van der Waals surface area contributed by atoms with Gasteiger partial charge in [-0.05, 0) is 60.7 Å². The van der Waals surface area contributed by atoms with Gasteiger partial charge in [-0.25, -0.2) is 0 Å². The summed E-state index contributed by atoms with van der Waals surface area (Å²) in [5.74, 6) is 2.82. The lowest BCUT2D eigenvalue weighted by atomic mass is 9.66. The van der Waals surface area contributed by atoms with Crippen molar-refractivity contribution in [3.05, 3.63) is 0 Å². The summed E-state index contributed by atoms with van der Waals surface area (Å²) >= 11 is 0. The van der Waals surface area contributed by atoms with E-state index in [9.17, 15) is 4.79 Å². The first-order valence-electron chi connectivity index (χ1n) is 6.97. The first-order chi connectivity index (χ1) is 7.52. The van der Waals surface area contributed by atoms with Gasteiger partial charge in [-0.1, -0.05) is 20.8 Å². The van der Waals surface area contributed by atoms with Gasteiger partial charge in [0.15, 0.2) is 0 Å². The third-order valence-electron chi connectivity index (χ3n) is 6.65. The summed E-state index contributed by atoms with van der Waals surface area (Å²) in [7, 11) is 0. The Morgan fingerprint density at radius 2 is 1.94 bits per heavy atom. The van der Waals surface area contributed by atoms with Crippen LogP contribution < -0.4 is 0 Å². The van der Waals surface area contributed by atoms with Crippen LogP contribution >= 0.6 is 0 Å². The maximum atomic E-state index is 11.2. The maximum absolute atomic E-state index is 11.2. The predicted octanol–water partition coefficient (Wildman–Crippen LogP) is 3.67. The number of hydrogen-bond donors (Lipinski definition) is 0. The van der Waals surface area contributed by atoms with E-state index in [1.807, 2.05) is 0 Å². The first-order valence-corrected chi connectivity index (χ1v) is 6.97. The molecule has 0 saturated heterocycles. The van der Waals surface area contributed by atoms with Crippen LogP contribution in [0.5, 0.6) is 0 Å². The summed E-state index contributed by atoms with van der Waals surface area (Å²) in [4.78, 5) is 11.2. The SMILES string of the molecule is CC1CC[C@@H]2C(C)(C)[C@H]3C[C@@]12CC[C@@H]3C=O. The molecule has 1 unspecified atom stereocenters. The Kier molecular flexibility index (Phi) is 2.10. The summed E-state index contributed by atoms with van der Waals surface area (Å²) in [6.45, 7) is 7.33. The molecule has 1 spiro atoms. The Hall–Kier alpha value is -0.330. The van der Waals surface area contributed by atoms with E-state index in [-0.39, 0.29) is 0 Å². The molecule has 16 heavy (non-hydrogen) atoms. The van der Waals surface area contributed by atoms with Gasteiger partial charge in [0, 0.05) is 5.92 Å². The largest absolute Gasteiger partial charge is 0.303 e. The third kappa shape index (κ3) is 1.05. The van der Waals surface area contributed by atoms with E-state index in [2.05, 4.69) is 20.8 Å². The van der Waals surface area contributed by atoms with E-state index < -0.39 is 0 Å². The molecular weight excluding hydrogens is 196 g/mol. The van der Waals surface area contributed by atoms with Gasteiger partial charge in [-0.15, -0.1) is 0 Å². The number of carbonyl (C=O) groups is 1. The number of rotatable bonds is 1. The monoisotopic (exact) mass is 220 g/mol. The van der Waals surface area contributed by atoms with Crippen LogP contribution in [0.3, 0.4) is 0 Å². The molecule has 0 aromatic carbocycles. The lowest BCUT2D eigenvalue weighted by molar-refractivity contribution is -0.115.